The maximum atomic E-state index is 2.58. The molecule has 42 heavy (non-hydrogen) atoms. The van der Waals surface area contributed by atoms with E-state index in [4.69, 9.17) is 0 Å². The molecule has 4 aromatic carbocycles. The normalized spacial score (nSPS) is 12.7. The average Bonchev–Trinajstić information content (AvgIpc) is 3.26. The Morgan fingerprint density at radius 2 is 1.36 bits per heavy atom. The summed E-state index contributed by atoms with van der Waals surface area (Å²) >= 11 is 0. The number of nitrogens with zero attached hydrogens (tertiary/aromatic N) is 2. The van der Waals surface area contributed by atoms with E-state index in [1.165, 1.54) is 93.5 Å². The number of benzene rings is 4. The standard InChI is InChI=1S/C40H43N2/c1-21(2)28-18-30(22(3)4)37(31(19-28)23(5)6)29-17-27-13-14-41(10)40-36-26(9)25(8)16-33-32-15-24(7)11-12-34(32)42(39(33)36)35(20-29)38(27)40/h11-23H,1-10H3/q+1. The molecule has 7 aromatic rings. The highest BCUT2D eigenvalue weighted by Gasteiger charge is 2.26. The van der Waals surface area contributed by atoms with Crippen molar-refractivity contribution in [1.82, 2.24) is 4.40 Å². The van der Waals surface area contributed by atoms with Gasteiger partial charge in [-0.3, -0.25) is 0 Å². The van der Waals surface area contributed by atoms with Crippen molar-refractivity contribution in [1.29, 1.82) is 0 Å². The Balaban J connectivity index is 1.75. The molecule has 212 valence electrons. The highest BCUT2D eigenvalue weighted by Crippen LogP contribution is 2.45. The molecule has 0 saturated heterocycles. The van der Waals surface area contributed by atoms with E-state index in [0.29, 0.717) is 17.8 Å². The summed E-state index contributed by atoms with van der Waals surface area (Å²) in [5, 5.41) is 6.73. The summed E-state index contributed by atoms with van der Waals surface area (Å²) in [6.45, 7) is 20.8. The summed E-state index contributed by atoms with van der Waals surface area (Å²) in [6, 6.07) is 21.7. The molecular weight excluding hydrogens is 508 g/mol. The van der Waals surface area contributed by atoms with Crippen LogP contribution in [-0.4, -0.2) is 4.40 Å². The minimum atomic E-state index is 0.431. The molecule has 2 nitrogen and oxygen atoms in total. The maximum absolute atomic E-state index is 2.58. The molecule has 0 aliphatic rings. The van der Waals surface area contributed by atoms with Gasteiger partial charge >= 0.3 is 0 Å². The summed E-state index contributed by atoms with van der Waals surface area (Å²) in [4.78, 5) is 0. The van der Waals surface area contributed by atoms with Gasteiger partial charge in [0.25, 0.3) is 0 Å². The third-order valence-electron chi connectivity index (χ3n) is 9.84. The Kier molecular flexibility index (Phi) is 5.97. The molecule has 0 aliphatic carbocycles. The number of hydrogen-bond acceptors (Lipinski definition) is 0. The highest BCUT2D eigenvalue weighted by molar-refractivity contribution is 6.26. The number of aryl methyl sites for hydroxylation is 4. The lowest BCUT2D eigenvalue weighted by Crippen LogP contribution is -2.29. The second-order valence-electron chi connectivity index (χ2n) is 13.7. The Morgan fingerprint density at radius 3 is 2.00 bits per heavy atom. The molecule has 0 saturated carbocycles. The van der Waals surface area contributed by atoms with E-state index < -0.39 is 0 Å². The van der Waals surface area contributed by atoms with Crippen LogP contribution in [0, 0.1) is 20.8 Å². The topological polar surface area (TPSA) is 8.29 Å². The van der Waals surface area contributed by atoms with Gasteiger partial charge in [0, 0.05) is 16.8 Å². The predicted octanol–water partition coefficient (Wildman–Crippen LogP) is 10.8. The monoisotopic (exact) mass is 551 g/mol. The minimum Gasteiger partial charge on any atom is -0.307 e. The molecule has 0 spiro atoms. The van der Waals surface area contributed by atoms with Gasteiger partial charge in [-0.25, -0.2) is 4.57 Å². The molecule has 0 bridgehead atoms. The molecular formula is C40H43N2+. The van der Waals surface area contributed by atoms with Gasteiger partial charge in [0.05, 0.1) is 27.3 Å². The lowest BCUT2D eigenvalue weighted by atomic mass is 9.81. The zero-order valence-corrected chi connectivity index (χ0v) is 26.9. The van der Waals surface area contributed by atoms with E-state index in [1.807, 2.05) is 0 Å². The molecule has 2 heteroatoms. The lowest BCUT2D eigenvalue weighted by Gasteiger charge is -2.24. The van der Waals surface area contributed by atoms with E-state index in [2.05, 4.69) is 139 Å². The average molecular weight is 552 g/mol. The number of hydrogen-bond donors (Lipinski definition) is 0. The zero-order valence-electron chi connectivity index (χ0n) is 26.9. The largest absolute Gasteiger partial charge is 0.307 e. The second kappa shape index (κ2) is 9.30. The first-order chi connectivity index (χ1) is 20.0. The van der Waals surface area contributed by atoms with Gasteiger partial charge in [-0.15, -0.1) is 0 Å². The van der Waals surface area contributed by atoms with Gasteiger partial charge in [0.1, 0.15) is 7.05 Å². The molecule has 0 atom stereocenters. The van der Waals surface area contributed by atoms with Gasteiger partial charge < -0.3 is 4.40 Å². The number of aromatic nitrogens is 2. The van der Waals surface area contributed by atoms with Crippen molar-refractivity contribution in [2.24, 2.45) is 7.05 Å². The van der Waals surface area contributed by atoms with E-state index in [0.717, 1.165) is 0 Å². The number of pyridine rings is 2. The third kappa shape index (κ3) is 3.67. The van der Waals surface area contributed by atoms with E-state index in [1.54, 1.807) is 0 Å². The molecule has 0 N–H and O–H groups in total. The Morgan fingerprint density at radius 1 is 0.667 bits per heavy atom. The number of rotatable bonds is 4. The van der Waals surface area contributed by atoms with Crippen molar-refractivity contribution in [3.63, 3.8) is 0 Å². The Hall–Kier alpha value is -3.91. The SMILES string of the molecule is Cc1ccc2c(c1)c1cc(C)c(C)c3c1n2c1cc(-c2c(C(C)C)cc(C(C)C)cc2C(C)C)cc2cc[n+](C)c3c21. The van der Waals surface area contributed by atoms with Crippen LogP contribution in [0.2, 0.25) is 0 Å². The first-order valence-electron chi connectivity index (χ1n) is 15.7. The van der Waals surface area contributed by atoms with Crippen LogP contribution in [0.3, 0.4) is 0 Å². The van der Waals surface area contributed by atoms with Crippen LogP contribution in [0.1, 0.15) is 92.7 Å². The van der Waals surface area contributed by atoms with E-state index >= 15 is 0 Å². The van der Waals surface area contributed by atoms with Crippen LogP contribution in [0.5, 0.6) is 0 Å². The molecule has 3 aromatic heterocycles. The van der Waals surface area contributed by atoms with Crippen LogP contribution in [0.15, 0.2) is 60.8 Å². The maximum Gasteiger partial charge on any atom is 0.224 e. The van der Waals surface area contributed by atoms with E-state index in [9.17, 15) is 0 Å². The zero-order chi connectivity index (χ0) is 29.8. The molecule has 0 unspecified atom stereocenters. The number of fused-ring (bicyclic) bond motifs is 5. The van der Waals surface area contributed by atoms with Crippen LogP contribution in [0.25, 0.3) is 60.1 Å². The lowest BCUT2D eigenvalue weighted by molar-refractivity contribution is -0.643. The van der Waals surface area contributed by atoms with E-state index in [-0.39, 0.29) is 0 Å². The highest BCUT2D eigenvalue weighted by atomic mass is 15.0. The fourth-order valence-corrected chi connectivity index (χ4v) is 7.45. The summed E-state index contributed by atoms with van der Waals surface area (Å²) in [5.74, 6) is 1.36. The molecule has 0 amide bonds. The van der Waals surface area contributed by atoms with Crippen molar-refractivity contribution in [3.05, 3.63) is 94.2 Å². The molecule has 0 radical (unpaired) electrons. The van der Waals surface area contributed by atoms with Crippen molar-refractivity contribution in [2.75, 3.05) is 0 Å². The van der Waals surface area contributed by atoms with Crippen molar-refractivity contribution in [3.8, 4) is 11.1 Å². The first-order valence-corrected chi connectivity index (χ1v) is 15.7. The summed E-state index contributed by atoms with van der Waals surface area (Å²) in [7, 11) is 2.21. The third-order valence-corrected chi connectivity index (χ3v) is 9.84. The smallest absolute Gasteiger partial charge is 0.224 e. The van der Waals surface area contributed by atoms with Gasteiger partial charge in [-0.05, 0) is 113 Å². The molecule has 3 heterocycles. The van der Waals surface area contributed by atoms with Gasteiger partial charge in [0.15, 0.2) is 6.20 Å². The first kappa shape index (κ1) is 27.0. The Labute approximate surface area is 249 Å². The fourth-order valence-electron chi connectivity index (χ4n) is 7.45. The van der Waals surface area contributed by atoms with Crippen molar-refractivity contribution >= 4 is 49.0 Å². The quantitative estimate of drug-likeness (QED) is 0.117. The van der Waals surface area contributed by atoms with Gasteiger partial charge in [-0.2, -0.15) is 0 Å². The van der Waals surface area contributed by atoms with Crippen LogP contribution in [-0.2, 0) is 7.05 Å². The predicted molar refractivity (Wildman–Crippen MR) is 182 cm³/mol. The summed E-state index contributed by atoms with van der Waals surface area (Å²) < 4.78 is 4.92. The van der Waals surface area contributed by atoms with Crippen LogP contribution < -0.4 is 4.57 Å². The van der Waals surface area contributed by atoms with Gasteiger partial charge in [-0.1, -0.05) is 65.3 Å². The Bertz CT molecular complexity index is 2180. The second-order valence-corrected chi connectivity index (χ2v) is 13.7. The van der Waals surface area contributed by atoms with Crippen LogP contribution in [0.4, 0.5) is 0 Å². The van der Waals surface area contributed by atoms with Crippen molar-refractivity contribution < 1.29 is 4.57 Å². The molecule has 0 fully saturated rings. The summed E-state index contributed by atoms with van der Waals surface area (Å²) in [5.41, 5.74) is 16.4. The molecule has 0 aliphatic heterocycles. The summed E-state index contributed by atoms with van der Waals surface area (Å²) in [6.07, 6.45) is 2.26. The minimum absolute atomic E-state index is 0.431. The van der Waals surface area contributed by atoms with Gasteiger partial charge in [0.2, 0.25) is 5.52 Å². The fraction of sp³-hybridized carbons (Fsp3) is 0.325. The van der Waals surface area contributed by atoms with Crippen LogP contribution >= 0.6 is 0 Å². The molecule has 7 rings (SSSR count). The van der Waals surface area contributed by atoms with Crippen molar-refractivity contribution in [2.45, 2.75) is 80.1 Å².